The second-order valence-electron chi connectivity index (χ2n) is 3.82. The minimum atomic E-state index is -0.577. The molecular weight excluding hydrogens is 222 g/mol. The van der Waals surface area contributed by atoms with Gasteiger partial charge in [0.25, 0.3) is 0 Å². The maximum Gasteiger partial charge on any atom is 0.334 e. The van der Waals surface area contributed by atoms with Gasteiger partial charge in [0.1, 0.15) is 0 Å². The van der Waals surface area contributed by atoms with E-state index in [9.17, 15) is 9.59 Å². The van der Waals surface area contributed by atoms with E-state index in [1.54, 1.807) is 27.7 Å². The molecule has 0 rings (SSSR count). The first kappa shape index (κ1) is 15.4. The van der Waals surface area contributed by atoms with Gasteiger partial charge in [-0.2, -0.15) is 0 Å². The van der Waals surface area contributed by atoms with Gasteiger partial charge in [-0.25, -0.2) is 14.9 Å². The van der Waals surface area contributed by atoms with E-state index in [1.807, 2.05) is 0 Å². The highest BCUT2D eigenvalue weighted by atomic mass is 16.6. The summed E-state index contributed by atoms with van der Waals surface area (Å²) in [5, 5.41) is 2.78. The SMILES string of the molecule is C=C(C)C(=O)OC(C)NC(C)OC(=O)C(=C)C. The van der Waals surface area contributed by atoms with E-state index in [0.29, 0.717) is 11.1 Å². The highest BCUT2D eigenvalue weighted by Crippen LogP contribution is 2.00. The van der Waals surface area contributed by atoms with Crippen molar-refractivity contribution < 1.29 is 19.1 Å². The van der Waals surface area contributed by atoms with E-state index >= 15 is 0 Å². The molecule has 0 radical (unpaired) electrons. The van der Waals surface area contributed by atoms with Gasteiger partial charge in [0.2, 0.25) is 0 Å². The zero-order chi connectivity index (χ0) is 13.6. The molecule has 0 saturated heterocycles. The van der Waals surface area contributed by atoms with Crippen molar-refractivity contribution in [3.05, 3.63) is 24.3 Å². The Morgan fingerprint density at radius 3 is 1.47 bits per heavy atom. The van der Waals surface area contributed by atoms with Crippen LogP contribution in [0.1, 0.15) is 27.7 Å². The van der Waals surface area contributed by atoms with Gasteiger partial charge in [-0.3, -0.25) is 0 Å². The largest absolute Gasteiger partial charge is 0.443 e. The molecule has 0 bridgehead atoms. The molecule has 0 fully saturated rings. The van der Waals surface area contributed by atoms with E-state index < -0.39 is 24.4 Å². The molecule has 0 aliphatic carbocycles. The predicted octanol–water partition coefficient (Wildman–Crippen LogP) is 1.51. The summed E-state index contributed by atoms with van der Waals surface area (Å²) in [4.78, 5) is 22.4. The van der Waals surface area contributed by atoms with Crippen molar-refractivity contribution in [2.45, 2.75) is 40.2 Å². The zero-order valence-corrected chi connectivity index (χ0v) is 10.7. The molecule has 0 aromatic carbocycles. The van der Waals surface area contributed by atoms with Gasteiger partial charge >= 0.3 is 11.9 Å². The maximum absolute atomic E-state index is 11.2. The average Bonchev–Trinajstić information content (AvgIpc) is 2.16. The Morgan fingerprint density at radius 2 is 1.24 bits per heavy atom. The van der Waals surface area contributed by atoms with Crippen molar-refractivity contribution in [2.75, 3.05) is 0 Å². The zero-order valence-electron chi connectivity index (χ0n) is 10.7. The van der Waals surface area contributed by atoms with E-state index in [2.05, 4.69) is 18.5 Å². The van der Waals surface area contributed by atoms with Crippen LogP contribution >= 0.6 is 0 Å². The Labute approximate surface area is 101 Å². The molecule has 0 heterocycles. The Hall–Kier alpha value is -1.62. The monoisotopic (exact) mass is 241 g/mol. The topological polar surface area (TPSA) is 64.6 Å². The Balaban J connectivity index is 4.08. The number of rotatable bonds is 6. The van der Waals surface area contributed by atoms with Crippen LogP contribution in [0.3, 0.4) is 0 Å². The lowest BCUT2D eigenvalue weighted by atomic mass is 10.3. The second-order valence-corrected chi connectivity index (χ2v) is 3.82. The molecule has 0 aliphatic rings. The van der Waals surface area contributed by atoms with Crippen LogP contribution in [0.25, 0.3) is 0 Å². The first-order chi connectivity index (χ1) is 7.73. The summed E-state index contributed by atoms with van der Waals surface area (Å²) in [5.74, 6) is -0.994. The summed E-state index contributed by atoms with van der Waals surface area (Å²) in [7, 11) is 0. The summed E-state index contributed by atoms with van der Waals surface area (Å²) in [6.45, 7) is 13.3. The first-order valence-corrected chi connectivity index (χ1v) is 5.23. The number of hydrogen-bond acceptors (Lipinski definition) is 5. The first-order valence-electron chi connectivity index (χ1n) is 5.23. The molecule has 0 saturated carbocycles. The molecule has 5 heteroatoms. The molecule has 0 aromatic rings. The third-order valence-corrected chi connectivity index (χ3v) is 1.73. The van der Waals surface area contributed by atoms with Crippen molar-refractivity contribution in [2.24, 2.45) is 0 Å². The third-order valence-electron chi connectivity index (χ3n) is 1.73. The fourth-order valence-electron chi connectivity index (χ4n) is 0.921. The molecule has 17 heavy (non-hydrogen) atoms. The third kappa shape index (κ3) is 6.52. The van der Waals surface area contributed by atoms with Crippen LogP contribution in [0.5, 0.6) is 0 Å². The number of hydrogen-bond donors (Lipinski definition) is 1. The van der Waals surface area contributed by atoms with Crippen LogP contribution in [0.2, 0.25) is 0 Å². The summed E-state index contributed by atoms with van der Waals surface area (Å²) >= 11 is 0. The molecule has 1 N–H and O–H groups in total. The molecule has 2 atom stereocenters. The van der Waals surface area contributed by atoms with Gasteiger partial charge in [0.05, 0.1) is 0 Å². The van der Waals surface area contributed by atoms with E-state index in [0.717, 1.165) is 0 Å². The van der Waals surface area contributed by atoms with Crippen LogP contribution in [0.4, 0.5) is 0 Å². The van der Waals surface area contributed by atoms with Crippen molar-refractivity contribution in [1.82, 2.24) is 5.32 Å². The van der Waals surface area contributed by atoms with Crippen molar-refractivity contribution >= 4 is 11.9 Å². The summed E-state index contributed by atoms with van der Waals surface area (Å²) < 4.78 is 9.92. The molecule has 2 unspecified atom stereocenters. The average molecular weight is 241 g/mol. The van der Waals surface area contributed by atoms with Gasteiger partial charge in [-0.1, -0.05) is 13.2 Å². The molecule has 0 aliphatic heterocycles. The highest BCUT2D eigenvalue weighted by molar-refractivity contribution is 5.87. The fraction of sp³-hybridized carbons (Fsp3) is 0.500. The van der Waals surface area contributed by atoms with Gasteiger partial charge < -0.3 is 9.47 Å². The molecule has 0 spiro atoms. The lowest BCUT2D eigenvalue weighted by molar-refractivity contribution is -0.152. The number of nitrogens with one attached hydrogen (secondary N) is 1. The number of ether oxygens (including phenoxy) is 2. The quantitative estimate of drug-likeness (QED) is 0.434. The smallest absolute Gasteiger partial charge is 0.334 e. The van der Waals surface area contributed by atoms with Gasteiger partial charge in [0, 0.05) is 11.1 Å². The predicted molar refractivity (Wildman–Crippen MR) is 63.9 cm³/mol. The maximum atomic E-state index is 11.2. The normalized spacial score (nSPS) is 13.4. The lowest BCUT2D eigenvalue weighted by Gasteiger charge is -2.20. The van der Waals surface area contributed by atoms with E-state index in [4.69, 9.17) is 9.47 Å². The van der Waals surface area contributed by atoms with E-state index in [1.165, 1.54) is 0 Å². The molecule has 0 aromatic heterocycles. The standard InChI is InChI=1S/C12H19NO4/c1-7(2)11(14)16-9(5)13-10(6)17-12(15)8(3)4/h9-10,13H,1,3H2,2,4-6H3. The lowest BCUT2D eigenvalue weighted by Crippen LogP contribution is -2.40. The van der Waals surface area contributed by atoms with Crippen LogP contribution in [-0.4, -0.2) is 24.4 Å². The Kier molecular flexibility index (Phi) is 6.20. The number of esters is 2. The Morgan fingerprint density at radius 1 is 0.941 bits per heavy atom. The van der Waals surface area contributed by atoms with Crippen LogP contribution in [0.15, 0.2) is 24.3 Å². The minimum absolute atomic E-state index is 0.310. The van der Waals surface area contributed by atoms with Crippen molar-refractivity contribution in [3.8, 4) is 0 Å². The minimum Gasteiger partial charge on any atom is -0.443 e. The van der Waals surface area contributed by atoms with Crippen LogP contribution in [-0.2, 0) is 19.1 Å². The second kappa shape index (κ2) is 6.85. The summed E-state index contributed by atoms with van der Waals surface area (Å²) in [6.07, 6.45) is -1.15. The molecular formula is C12H19NO4. The highest BCUT2D eigenvalue weighted by Gasteiger charge is 2.15. The number of carbonyl (C=O) groups is 2. The van der Waals surface area contributed by atoms with Crippen LogP contribution in [0, 0.1) is 0 Å². The summed E-state index contributed by atoms with van der Waals surface area (Å²) in [5.41, 5.74) is 0.621. The molecule has 96 valence electrons. The van der Waals surface area contributed by atoms with Crippen molar-refractivity contribution in [1.29, 1.82) is 0 Å². The molecule has 5 nitrogen and oxygen atoms in total. The Bertz CT molecular complexity index is 303. The fourth-order valence-corrected chi connectivity index (χ4v) is 0.921. The van der Waals surface area contributed by atoms with Gasteiger partial charge in [0.15, 0.2) is 12.5 Å². The summed E-state index contributed by atoms with van der Waals surface area (Å²) in [6, 6.07) is 0. The molecule has 0 amide bonds. The van der Waals surface area contributed by atoms with Gasteiger partial charge in [-0.05, 0) is 27.7 Å². The number of carbonyl (C=O) groups excluding carboxylic acids is 2. The van der Waals surface area contributed by atoms with Crippen LogP contribution < -0.4 is 5.32 Å². The van der Waals surface area contributed by atoms with Crippen molar-refractivity contribution in [3.63, 3.8) is 0 Å². The van der Waals surface area contributed by atoms with E-state index in [-0.39, 0.29) is 0 Å². The van der Waals surface area contributed by atoms with Gasteiger partial charge in [-0.15, -0.1) is 0 Å².